The second kappa shape index (κ2) is 11.5. The highest BCUT2D eigenvalue weighted by Gasteiger charge is 2.28. The molecule has 3 amide bonds. The number of hydrogen-bond donors (Lipinski definition) is 3. The van der Waals surface area contributed by atoms with Gasteiger partial charge in [0.2, 0.25) is 0 Å². The summed E-state index contributed by atoms with van der Waals surface area (Å²) in [6.45, 7) is 2.90. The SMILES string of the molecule is CN(C(=O)NCc1cccc(F)c1Cl)[C@H](COC(=O)Nc1cc2ccc(F)cc2cn1)CC(C)(C)O. The lowest BCUT2D eigenvalue weighted by atomic mass is 9.99. The van der Waals surface area contributed by atoms with Gasteiger partial charge in [0.25, 0.3) is 0 Å². The Morgan fingerprint density at radius 1 is 1.19 bits per heavy atom. The van der Waals surface area contributed by atoms with Gasteiger partial charge in [-0.1, -0.05) is 29.8 Å². The van der Waals surface area contributed by atoms with Gasteiger partial charge in [-0.2, -0.15) is 0 Å². The van der Waals surface area contributed by atoms with Crippen molar-refractivity contribution in [1.82, 2.24) is 15.2 Å². The van der Waals surface area contributed by atoms with Crippen molar-refractivity contribution in [1.29, 1.82) is 0 Å². The summed E-state index contributed by atoms with van der Waals surface area (Å²) >= 11 is 5.94. The van der Waals surface area contributed by atoms with E-state index in [1.54, 1.807) is 32.0 Å². The number of fused-ring (bicyclic) bond motifs is 1. The highest BCUT2D eigenvalue weighted by Crippen LogP contribution is 2.21. The Kier molecular flexibility index (Phi) is 8.65. The minimum atomic E-state index is -1.17. The maximum absolute atomic E-state index is 13.6. The fraction of sp³-hybridized carbons (Fsp3) is 0.320. The molecule has 0 bridgehead atoms. The number of amides is 3. The molecular weight excluding hydrogens is 494 g/mol. The summed E-state index contributed by atoms with van der Waals surface area (Å²) < 4.78 is 32.3. The number of benzene rings is 2. The number of anilines is 1. The maximum atomic E-state index is 13.6. The van der Waals surface area contributed by atoms with Crippen LogP contribution in [0.2, 0.25) is 5.02 Å². The minimum Gasteiger partial charge on any atom is -0.447 e. The molecule has 3 aromatic rings. The van der Waals surface area contributed by atoms with E-state index >= 15 is 0 Å². The standard InChI is InChI=1S/C25H27ClF2N4O4/c1-25(2,35)11-19(32(3)23(33)30-12-16-5-4-6-20(28)22(16)26)14-36-24(34)31-21-10-15-7-8-18(27)9-17(15)13-29-21/h4-10,13,19,35H,11-12,14H2,1-3H3,(H,30,33)(H,29,31,34)/t19-/m0/s1. The molecule has 0 fully saturated rings. The number of nitrogens with zero attached hydrogens (tertiary/aromatic N) is 2. The van der Waals surface area contributed by atoms with E-state index in [1.165, 1.54) is 42.4 Å². The highest BCUT2D eigenvalue weighted by molar-refractivity contribution is 6.31. The van der Waals surface area contributed by atoms with Crippen molar-refractivity contribution in [3.63, 3.8) is 0 Å². The van der Waals surface area contributed by atoms with Crippen LogP contribution in [-0.2, 0) is 11.3 Å². The predicted octanol–water partition coefficient (Wildman–Crippen LogP) is 5.09. The van der Waals surface area contributed by atoms with Gasteiger partial charge in [-0.05, 0) is 55.5 Å². The summed E-state index contributed by atoms with van der Waals surface area (Å²) in [6.07, 6.45) is 0.712. The highest BCUT2D eigenvalue weighted by atomic mass is 35.5. The molecule has 0 aliphatic heterocycles. The summed E-state index contributed by atoms with van der Waals surface area (Å²) in [4.78, 5) is 30.5. The number of pyridine rings is 1. The molecule has 0 saturated heterocycles. The molecule has 3 N–H and O–H groups in total. The van der Waals surface area contributed by atoms with Gasteiger partial charge in [0.05, 0.1) is 16.7 Å². The van der Waals surface area contributed by atoms with Crippen LogP contribution >= 0.6 is 11.6 Å². The van der Waals surface area contributed by atoms with Gasteiger partial charge >= 0.3 is 12.1 Å². The van der Waals surface area contributed by atoms with E-state index < -0.39 is 35.4 Å². The van der Waals surface area contributed by atoms with Crippen molar-refractivity contribution in [2.45, 2.75) is 38.5 Å². The van der Waals surface area contributed by atoms with Crippen LogP contribution in [0, 0.1) is 11.6 Å². The lowest BCUT2D eigenvalue weighted by Gasteiger charge is -2.32. The van der Waals surface area contributed by atoms with Crippen molar-refractivity contribution in [3.05, 3.63) is 70.9 Å². The maximum Gasteiger partial charge on any atom is 0.412 e. The fourth-order valence-electron chi connectivity index (χ4n) is 3.52. The summed E-state index contributed by atoms with van der Waals surface area (Å²) in [5.41, 5.74) is -0.765. The molecule has 0 saturated carbocycles. The Hall–Kier alpha value is -3.50. The number of rotatable bonds is 8. The van der Waals surface area contributed by atoms with E-state index in [0.717, 1.165) is 0 Å². The largest absolute Gasteiger partial charge is 0.447 e. The number of aromatic nitrogens is 1. The minimum absolute atomic E-state index is 0.0200. The van der Waals surface area contributed by atoms with Crippen LogP contribution in [0.3, 0.4) is 0 Å². The van der Waals surface area contributed by atoms with Crippen LogP contribution in [0.5, 0.6) is 0 Å². The molecule has 2 aromatic carbocycles. The van der Waals surface area contributed by atoms with Gasteiger partial charge in [-0.15, -0.1) is 0 Å². The van der Waals surface area contributed by atoms with Gasteiger partial charge in [0.1, 0.15) is 24.1 Å². The van der Waals surface area contributed by atoms with Crippen molar-refractivity contribution in [3.8, 4) is 0 Å². The van der Waals surface area contributed by atoms with Gasteiger partial charge < -0.3 is 20.1 Å². The molecule has 11 heteroatoms. The third-order valence-electron chi connectivity index (χ3n) is 5.39. The molecule has 0 aliphatic carbocycles. The first-order valence-electron chi connectivity index (χ1n) is 11.1. The Balaban J connectivity index is 1.61. The van der Waals surface area contributed by atoms with Gasteiger partial charge in [0.15, 0.2) is 0 Å². The van der Waals surface area contributed by atoms with Crippen molar-refractivity contribution < 1.29 is 28.2 Å². The van der Waals surface area contributed by atoms with E-state index in [1.807, 2.05) is 0 Å². The van der Waals surface area contributed by atoms with Crippen molar-refractivity contribution in [2.24, 2.45) is 0 Å². The number of ether oxygens (including phenoxy) is 1. The number of nitrogens with one attached hydrogen (secondary N) is 2. The number of urea groups is 1. The van der Waals surface area contributed by atoms with Crippen LogP contribution in [-0.4, -0.2) is 52.4 Å². The van der Waals surface area contributed by atoms with Crippen LogP contribution in [0.4, 0.5) is 24.2 Å². The molecule has 36 heavy (non-hydrogen) atoms. The summed E-state index contributed by atoms with van der Waals surface area (Å²) in [5, 5.41) is 16.6. The molecule has 1 heterocycles. The lowest BCUT2D eigenvalue weighted by Crippen LogP contribution is -2.48. The molecular formula is C25H27ClF2N4O4. The van der Waals surface area contributed by atoms with Crippen LogP contribution in [0.15, 0.2) is 48.7 Å². The zero-order valence-corrected chi connectivity index (χ0v) is 20.8. The van der Waals surface area contributed by atoms with Crippen molar-refractivity contribution in [2.75, 3.05) is 19.0 Å². The van der Waals surface area contributed by atoms with E-state index in [4.69, 9.17) is 16.3 Å². The third kappa shape index (κ3) is 7.50. The summed E-state index contributed by atoms with van der Waals surface area (Å²) in [6, 6.07) is 8.83. The first kappa shape index (κ1) is 27.1. The van der Waals surface area contributed by atoms with E-state index in [9.17, 15) is 23.5 Å². The number of hydrogen-bond acceptors (Lipinski definition) is 5. The number of likely N-dealkylation sites (N-methyl/N-ethyl adjacent to an activating group) is 1. The second-order valence-electron chi connectivity index (χ2n) is 8.94. The smallest absolute Gasteiger partial charge is 0.412 e. The van der Waals surface area contributed by atoms with Crippen molar-refractivity contribution >= 4 is 40.3 Å². The Bertz CT molecular complexity index is 1250. The molecule has 0 radical (unpaired) electrons. The molecule has 0 aliphatic rings. The number of halogens is 3. The molecule has 3 rings (SSSR count). The Labute approximate surface area is 212 Å². The van der Waals surface area contributed by atoms with Crippen LogP contribution < -0.4 is 10.6 Å². The quantitative estimate of drug-likeness (QED) is 0.384. The number of aliphatic hydroxyl groups is 1. The molecule has 192 valence electrons. The van der Waals surface area contributed by atoms with E-state index in [2.05, 4.69) is 15.6 Å². The van der Waals surface area contributed by atoms with E-state index in [0.29, 0.717) is 16.3 Å². The molecule has 1 aromatic heterocycles. The average molecular weight is 521 g/mol. The molecule has 0 unspecified atom stereocenters. The zero-order valence-electron chi connectivity index (χ0n) is 20.0. The summed E-state index contributed by atoms with van der Waals surface area (Å²) in [7, 11) is 1.49. The normalized spacial score (nSPS) is 12.2. The Morgan fingerprint density at radius 3 is 2.67 bits per heavy atom. The van der Waals surface area contributed by atoms with Gasteiger partial charge in [0, 0.05) is 25.2 Å². The molecule has 0 spiro atoms. The summed E-state index contributed by atoms with van der Waals surface area (Å²) in [5.74, 6) is -0.783. The fourth-order valence-corrected chi connectivity index (χ4v) is 3.72. The molecule has 8 nitrogen and oxygen atoms in total. The predicted molar refractivity (Wildman–Crippen MR) is 133 cm³/mol. The van der Waals surface area contributed by atoms with Crippen LogP contribution in [0.1, 0.15) is 25.8 Å². The van der Waals surface area contributed by atoms with Gasteiger partial charge in [-0.3, -0.25) is 5.32 Å². The topological polar surface area (TPSA) is 104 Å². The van der Waals surface area contributed by atoms with Crippen LogP contribution in [0.25, 0.3) is 10.8 Å². The number of carbonyl (C=O) groups is 2. The zero-order chi connectivity index (χ0) is 26.5. The monoisotopic (exact) mass is 520 g/mol. The first-order valence-corrected chi connectivity index (χ1v) is 11.5. The van der Waals surface area contributed by atoms with Gasteiger partial charge in [-0.25, -0.2) is 23.4 Å². The average Bonchev–Trinajstić information content (AvgIpc) is 2.81. The van der Waals surface area contributed by atoms with E-state index in [-0.39, 0.29) is 30.4 Å². The number of carbonyl (C=O) groups excluding carboxylic acids is 2. The first-order chi connectivity index (χ1) is 16.9. The lowest BCUT2D eigenvalue weighted by molar-refractivity contribution is 0.0277. The second-order valence-corrected chi connectivity index (χ2v) is 9.32. The third-order valence-corrected chi connectivity index (χ3v) is 5.81. The Morgan fingerprint density at radius 2 is 1.94 bits per heavy atom. The molecule has 1 atom stereocenters.